The van der Waals surface area contributed by atoms with E-state index in [1.54, 1.807) is 20.8 Å². The summed E-state index contributed by atoms with van der Waals surface area (Å²) in [7, 11) is 0. The van der Waals surface area contributed by atoms with Crippen molar-refractivity contribution in [2.75, 3.05) is 6.54 Å². The normalized spacial score (nSPS) is 12.3. The van der Waals surface area contributed by atoms with E-state index in [0.29, 0.717) is 19.5 Å². The number of hydrogen-bond donors (Lipinski definition) is 1. The highest BCUT2D eigenvalue weighted by Crippen LogP contribution is 2.25. The summed E-state index contributed by atoms with van der Waals surface area (Å²) >= 11 is 0. The van der Waals surface area contributed by atoms with Crippen molar-refractivity contribution in [3.05, 3.63) is 34.9 Å². The maximum absolute atomic E-state index is 13.7. The molecule has 0 aliphatic heterocycles. The minimum Gasteiger partial charge on any atom is -0.456 e. The van der Waals surface area contributed by atoms with Crippen molar-refractivity contribution in [2.24, 2.45) is 0 Å². The van der Waals surface area contributed by atoms with Crippen molar-refractivity contribution in [2.45, 2.75) is 71.9 Å². The van der Waals surface area contributed by atoms with Crippen LogP contribution >= 0.6 is 0 Å². The quantitative estimate of drug-likeness (QED) is 0.557. The molecule has 0 heterocycles. The Bertz CT molecular complexity index is 551. The van der Waals surface area contributed by atoms with Gasteiger partial charge in [0.15, 0.2) is 0 Å². The van der Waals surface area contributed by atoms with E-state index in [2.05, 4.69) is 37.4 Å². The molecule has 0 aliphatic rings. The number of nitrogens with one attached hydrogen (secondary N) is 1. The van der Waals surface area contributed by atoms with Gasteiger partial charge in [-0.15, -0.1) is 0 Å². The molecule has 0 unspecified atom stereocenters. The number of ether oxygens (including phenoxy) is 1. The lowest BCUT2D eigenvalue weighted by molar-refractivity contribution is -0.184. The van der Waals surface area contributed by atoms with Gasteiger partial charge in [-0.1, -0.05) is 18.2 Å². The lowest BCUT2D eigenvalue weighted by atomic mass is 10.1. The zero-order valence-electron chi connectivity index (χ0n) is 15.3. The average molecular weight is 341 g/mol. The Morgan fingerprint density at radius 3 is 2.38 bits per heavy atom. The van der Waals surface area contributed by atoms with Gasteiger partial charge in [0, 0.05) is 13.0 Å². The molecule has 0 saturated heterocycles. The monoisotopic (exact) mass is 341 g/mol. The number of alkyl halides is 2. The van der Waals surface area contributed by atoms with Crippen LogP contribution in [0, 0.1) is 13.8 Å². The van der Waals surface area contributed by atoms with Crippen LogP contribution in [0.15, 0.2) is 18.2 Å². The molecule has 0 saturated carbocycles. The molecule has 5 heteroatoms. The van der Waals surface area contributed by atoms with Crippen molar-refractivity contribution in [1.82, 2.24) is 5.32 Å². The molecule has 0 bridgehead atoms. The van der Waals surface area contributed by atoms with Crippen molar-refractivity contribution in [1.29, 1.82) is 0 Å². The second-order valence-electron chi connectivity index (χ2n) is 7.26. The number of hydrogen-bond acceptors (Lipinski definition) is 3. The molecular formula is C19H29F2NO2. The smallest absolute Gasteiger partial charge is 0.377 e. The fourth-order valence-electron chi connectivity index (χ4n) is 2.20. The summed E-state index contributed by atoms with van der Waals surface area (Å²) in [5.74, 6) is -4.85. The van der Waals surface area contributed by atoms with Crippen LogP contribution < -0.4 is 5.32 Å². The van der Waals surface area contributed by atoms with E-state index in [9.17, 15) is 13.6 Å². The number of benzene rings is 1. The van der Waals surface area contributed by atoms with Crippen LogP contribution in [0.25, 0.3) is 0 Å². The topological polar surface area (TPSA) is 38.3 Å². The summed E-state index contributed by atoms with van der Waals surface area (Å²) < 4.78 is 32.2. The van der Waals surface area contributed by atoms with Gasteiger partial charge in [0.2, 0.25) is 0 Å². The van der Waals surface area contributed by atoms with E-state index < -0.39 is 23.9 Å². The molecule has 1 N–H and O–H groups in total. The van der Waals surface area contributed by atoms with E-state index >= 15 is 0 Å². The van der Waals surface area contributed by atoms with Crippen molar-refractivity contribution >= 4 is 5.97 Å². The van der Waals surface area contributed by atoms with Crippen LogP contribution in [0.2, 0.25) is 0 Å². The molecule has 3 nitrogen and oxygen atoms in total. The van der Waals surface area contributed by atoms with E-state index in [0.717, 1.165) is 0 Å². The molecule has 0 amide bonds. The van der Waals surface area contributed by atoms with Gasteiger partial charge in [0.05, 0.1) is 0 Å². The Morgan fingerprint density at radius 2 is 1.79 bits per heavy atom. The summed E-state index contributed by atoms with van der Waals surface area (Å²) in [6.45, 7) is 10.2. The van der Waals surface area contributed by atoms with E-state index in [4.69, 9.17) is 4.74 Å². The Labute approximate surface area is 143 Å². The molecule has 0 aliphatic carbocycles. The van der Waals surface area contributed by atoms with Gasteiger partial charge in [-0.3, -0.25) is 0 Å². The Balaban J connectivity index is 2.25. The minimum absolute atomic E-state index is 0.270. The van der Waals surface area contributed by atoms with Gasteiger partial charge >= 0.3 is 11.9 Å². The first-order valence-electron chi connectivity index (χ1n) is 8.39. The summed E-state index contributed by atoms with van der Waals surface area (Å²) in [4.78, 5) is 11.5. The Hall–Kier alpha value is -1.49. The lowest BCUT2D eigenvalue weighted by Crippen LogP contribution is -2.36. The number of halogens is 2. The third-order valence-corrected chi connectivity index (χ3v) is 3.69. The molecule has 0 fully saturated rings. The highest BCUT2D eigenvalue weighted by atomic mass is 19.3. The first kappa shape index (κ1) is 20.6. The molecule has 136 valence electrons. The molecule has 1 rings (SSSR count). The fraction of sp³-hybridized carbons (Fsp3) is 0.632. The number of carbonyl (C=O) groups is 1. The van der Waals surface area contributed by atoms with E-state index in [-0.39, 0.29) is 6.42 Å². The molecule has 0 aromatic heterocycles. The van der Waals surface area contributed by atoms with Crippen LogP contribution in [0.4, 0.5) is 8.78 Å². The van der Waals surface area contributed by atoms with Gasteiger partial charge < -0.3 is 10.1 Å². The highest BCUT2D eigenvalue weighted by molar-refractivity contribution is 5.77. The maximum atomic E-state index is 13.7. The second-order valence-corrected chi connectivity index (χ2v) is 7.26. The number of aryl methyl sites for hydroxylation is 2. The number of carbonyl (C=O) groups excluding carboxylic acids is 1. The Morgan fingerprint density at radius 1 is 1.12 bits per heavy atom. The molecule has 0 atom stereocenters. The number of esters is 1. The molecule has 1 aromatic rings. The lowest BCUT2D eigenvalue weighted by Gasteiger charge is -2.23. The van der Waals surface area contributed by atoms with Gasteiger partial charge in [-0.05, 0) is 70.7 Å². The van der Waals surface area contributed by atoms with Crippen molar-refractivity contribution in [3.8, 4) is 0 Å². The van der Waals surface area contributed by atoms with Gasteiger partial charge in [-0.2, -0.15) is 8.78 Å². The number of rotatable bonds is 8. The van der Waals surface area contributed by atoms with Gasteiger partial charge in [0.1, 0.15) is 5.60 Å². The van der Waals surface area contributed by atoms with Crippen molar-refractivity contribution < 1.29 is 18.3 Å². The van der Waals surface area contributed by atoms with Crippen LogP contribution in [0.1, 0.15) is 56.7 Å². The first-order valence-corrected chi connectivity index (χ1v) is 8.39. The largest absolute Gasteiger partial charge is 0.456 e. The standard InChI is InChI=1S/C19H29F2NO2/c1-14-8-9-16(12-15(14)2)13-22-11-7-6-10-19(20,21)17(23)24-18(3,4)5/h8-9,12,22H,6-7,10-11,13H2,1-5H3. The SMILES string of the molecule is Cc1ccc(CNCCCCC(F)(F)C(=O)OC(C)(C)C)cc1C. The second kappa shape index (κ2) is 8.56. The van der Waals surface area contributed by atoms with Gasteiger partial charge in [0.25, 0.3) is 0 Å². The predicted molar refractivity (Wildman–Crippen MR) is 92.3 cm³/mol. The average Bonchev–Trinajstić information content (AvgIpc) is 2.44. The Kier molecular flexibility index (Phi) is 7.33. The zero-order chi connectivity index (χ0) is 18.4. The van der Waals surface area contributed by atoms with Crippen LogP contribution in [0.3, 0.4) is 0 Å². The molecule has 0 radical (unpaired) electrons. The van der Waals surface area contributed by atoms with Crippen LogP contribution in [-0.2, 0) is 16.1 Å². The molecular weight excluding hydrogens is 312 g/mol. The van der Waals surface area contributed by atoms with Crippen LogP contribution in [0.5, 0.6) is 0 Å². The number of unbranched alkanes of at least 4 members (excludes halogenated alkanes) is 1. The highest BCUT2D eigenvalue weighted by Gasteiger charge is 2.41. The third kappa shape index (κ3) is 7.39. The molecule has 1 aromatic carbocycles. The molecule has 24 heavy (non-hydrogen) atoms. The third-order valence-electron chi connectivity index (χ3n) is 3.69. The fourth-order valence-corrected chi connectivity index (χ4v) is 2.20. The van der Waals surface area contributed by atoms with E-state index in [1.807, 2.05) is 0 Å². The summed E-state index contributed by atoms with van der Waals surface area (Å²) in [6.07, 6.45) is 0.378. The minimum atomic E-state index is -3.42. The van der Waals surface area contributed by atoms with E-state index in [1.165, 1.54) is 16.7 Å². The summed E-state index contributed by atoms with van der Waals surface area (Å²) in [5.41, 5.74) is 2.78. The maximum Gasteiger partial charge on any atom is 0.377 e. The molecule has 0 spiro atoms. The van der Waals surface area contributed by atoms with Gasteiger partial charge in [-0.25, -0.2) is 4.79 Å². The first-order chi connectivity index (χ1) is 11.0. The van der Waals surface area contributed by atoms with Crippen LogP contribution in [-0.4, -0.2) is 24.0 Å². The summed E-state index contributed by atoms with van der Waals surface area (Å²) in [6, 6.07) is 6.26. The van der Waals surface area contributed by atoms with Crippen molar-refractivity contribution in [3.63, 3.8) is 0 Å². The predicted octanol–water partition coefficient (Wildman–Crippen LogP) is 4.54. The summed E-state index contributed by atoms with van der Waals surface area (Å²) in [5, 5.41) is 3.24. The zero-order valence-corrected chi connectivity index (χ0v) is 15.3.